The van der Waals surface area contributed by atoms with Gasteiger partial charge in [0.25, 0.3) is 0 Å². The minimum atomic E-state index is -0.534. The normalized spacial score (nSPS) is 42.2. The zero-order valence-corrected chi connectivity index (χ0v) is 22.5. The van der Waals surface area contributed by atoms with E-state index in [9.17, 15) is 19.4 Å². The highest BCUT2D eigenvalue weighted by Gasteiger charge is 2.63. The van der Waals surface area contributed by atoms with Crippen LogP contribution in [0.2, 0.25) is 0 Å². The van der Waals surface area contributed by atoms with E-state index in [0.29, 0.717) is 47.8 Å². The van der Waals surface area contributed by atoms with Gasteiger partial charge in [-0.1, -0.05) is 26.8 Å². The number of aliphatic hydroxyl groups is 2. The van der Waals surface area contributed by atoms with Crippen molar-refractivity contribution in [1.29, 1.82) is 0 Å². The maximum absolute atomic E-state index is 14.3. The summed E-state index contributed by atoms with van der Waals surface area (Å²) in [4.78, 5) is 16.7. The van der Waals surface area contributed by atoms with E-state index in [0.717, 1.165) is 38.5 Å². The third kappa shape index (κ3) is 3.92. The number of aliphatic hydroxyl groups excluding tert-OH is 2. The molecule has 202 valence electrons. The maximum Gasteiger partial charge on any atom is 0.346 e. The van der Waals surface area contributed by atoms with Crippen LogP contribution in [-0.2, 0) is 6.42 Å². The van der Waals surface area contributed by atoms with Crippen molar-refractivity contribution in [2.45, 2.75) is 97.2 Å². The average Bonchev–Trinajstić information content (AvgIpc) is 3.23. The van der Waals surface area contributed by atoms with Gasteiger partial charge in [0, 0.05) is 6.42 Å². The van der Waals surface area contributed by atoms with Crippen molar-refractivity contribution in [1.82, 2.24) is 4.98 Å². The van der Waals surface area contributed by atoms with Crippen LogP contribution >= 0.6 is 0 Å². The van der Waals surface area contributed by atoms with Gasteiger partial charge in [-0.3, -0.25) is 0 Å². The second kappa shape index (κ2) is 9.15. The highest BCUT2D eigenvalue weighted by Crippen LogP contribution is 2.68. The Morgan fingerprint density at radius 3 is 2.73 bits per heavy atom. The van der Waals surface area contributed by atoms with Gasteiger partial charge < -0.3 is 14.6 Å². The fourth-order valence-corrected chi connectivity index (χ4v) is 9.92. The van der Waals surface area contributed by atoms with Crippen LogP contribution in [0, 0.1) is 52.2 Å². The summed E-state index contributed by atoms with van der Waals surface area (Å²) >= 11 is 0. The molecule has 6 rings (SSSR count). The highest BCUT2D eigenvalue weighted by molar-refractivity contribution is 5.77. The fraction of sp³-hybridized carbons (Fsp3) is 0.742. The molecule has 1 heterocycles. The maximum atomic E-state index is 14.3. The summed E-state index contributed by atoms with van der Waals surface area (Å²) in [6, 6.07) is 4.37. The molecule has 37 heavy (non-hydrogen) atoms. The Morgan fingerprint density at radius 2 is 1.92 bits per heavy atom. The topological polar surface area (TPSA) is 83.6 Å². The fourth-order valence-electron chi connectivity index (χ4n) is 9.92. The number of aromatic nitrogens is 1. The zero-order chi connectivity index (χ0) is 26.1. The van der Waals surface area contributed by atoms with Crippen LogP contribution in [0.1, 0.15) is 84.4 Å². The first-order valence-electron chi connectivity index (χ1n) is 14.6. The summed E-state index contributed by atoms with van der Waals surface area (Å²) in [6.45, 7) is 7.06. The molecule has 0 saturated heterocycles. The smallest absolute Gasteiger partial charge is 0.346 e. The molecule has 2 aromatic rings. The van der Waals surface area contributed by atoms with Crippen molar-refractivity contribution in [2.24, 2.45) is 46.3 Å². The molecule has 1 unspecified atom stereocenters. The lowest BCUT2D eigenvalue weighted by atomic mass is 9.43. The van der Waals surface area contributed by atoms with Gasteiger partial charge in [0.2, 0.25) is 0 Å². The van der Waals surface area contributed by atoms with Crippen molar-refractivity contribution in [3.63, 3.8) is 0 Å². The minimum Gasteiger partial charge on any atom is -0.408 e. The molecule has 10 atom stereocenters. The van der Waals surface area contributed by atoms with Gasteiger partial charge in [-0.05, 0) is 116 Å². The van der Waals surface area contributed by atoms with Gasteiger partial charge in [-0.2, -0.15) is 0 Å². The summed E-state index contributed by atoms with van der Waals surface area (Å²) in [6.07, 6.45) is 9.33. The molecule has 1 aromatic carbocycles. The lowest BCUT2D eigenvalue weighted by Crippen LogP contribution is -2.58. The minimum absolute atomic E-state index is 0.0855. The van der Waals surface area contributed by atoms with Gasteiger partial charge in [0.1, 0.15) is 11.3 Å². The van der Waals surface area contributed by atoms with E-state index < -0.39 is 11.4 Å². The standard InChI is InChI=1S/C31H42FNO4/c1-17(7-12-27-33-28-21(29(36)37-27)5-4-6-25(28)32)22-10-11-23-20-9-8-18-15-19(34)13-14-30(18,2)24(20)16-26(35)31(22,23)3/h4-6,17-20,22-24,26,34-35H,7-16H2,1-3H3/t17-,18-,19-,20+,22-,23+,24?,26+,30+,31-/m1/s1. The quantitative estimate of drug-likeness (QED) is 0.535. The Bertz CT molecular complexity index is 1230. The molecule has 0 radical (unpaired) electrons. The molecule has 4 saturated carbocycles. The number of rotatable bonds is 4. The summed E-state index contributed by atoms with van der Waals surface area (Å²) in [5.41, 5.74) is -0.319. The third-order valence-electron chi connectivity index (χ3n) is 12.0. The highest BCUT2D eigenvalue weighted by atomic mass is 19.1. The number of benzene rings is 1. The van der Waals surface area contributed by atoms with Gasteiger partial charge in [-0.25, -0.2) is 14.2 Å². The molecule has 0 amide bonds. The van der Waals surface area contributed by atoms with Crippen molar-refractivity contribution in [2.75, 3.05) is 0 Å². The van der Waals surface area contributed by atoms with E-state index in [4.69, 9.17) is 4.42 Å². The van der Waals surface area contributed by atoms with Crippen LogP contribution in [-0.4, -0.2) is 27.4 Å². The van der Waals surface area contributed by atoms with Crippen LogP contribution in [0.5, 0.6) is 0 Å². The number of aryl methyl sites for hydroxylation is 1. The van der Waals surface area contributed by atoms with Crippen molar-refractivity contribution in [3.8, 4) is 0 Å². The van der Waals surface area contributed by atoms with Gasteiger partial charge in [0.15, 0.2) is 5.89 Å². The van der Waals surface area contributed by atoms with E-state index >= 15 is 0 Å². The molecule has 5 nitrogen and oxygen atoms in total. The SMILES string of the molecule is C[C@H](CCc1nc2c(F)cccc2c(=O)o1)[C@H]1CC[C@H]2[C@@H]3CC[C@@H]4C[C@H](O)CC[C@]4(C)C3C[C@H](O)[C@]12C. The van der Waals surface area contributed by atoms with Gasteiger partial charge in [0.05, 0.1) is 17.6 Å². The molecule has 1 aromatic heterocycles. The van der Waals surface area contributed by atoms with E-state index in [-0.39, 0.29) is 33.9 Å². The number of hydrogen-bond acceptors (Lipinski definition) is 5. The van der Waals surface area contributed by atoms with Crippen LogP contribution in [0.15, 0.2) is 27.4 Å². The second-order valence-electron chi connectivity index (χ2n) is 13.4. The van der Waals surface area contributed by atoms with Crippen molar-refractivity contribution in [3.05, 3.63) is 40.3 Å². The predicted octanol–water partition coefficient (Wildman–Crippen LogP) is 5.89. The Kier molecular flexibility index (Phi) is 6.30. The predicted molar refractivity (Wildman–Crippen MR) is 140 cm³/mol. The first-order chi connectivity index (χ1) is 17.6. The van der Waals surface area contributed by atoms with Gasteiger partial charge in [-0.15, -0.1) is 0 Å². The summed E-state index contributed by atoms with van der Waals surface area (Å²) in [5, 5.41) is 22.3. The van der Waals surface area contributed by atoms with E-state index in [1.165, 1.54) is 31.4 Å². The van der Waals surface area contributed by atoms with E-state index in [1.54, 1.807) is 6.07 Å². The number of hydrogen-bond donors (Lipinski definition) is 2. The van der Waals surface area contributed by atoms with Gasteiger partial charge >= 0.3 is 5.63 Å². The lowest BCUT2D eigenvalue weighted by Gasteiger charge is -2.62. The number of fused-ring (bicyclic) bond motifs is 6. The lowest BCUT2D eigenvalue weighted by molar-refractivity contribution is -0.174. The number of nitrogens with zero attached hydrogens (tertiary/aromatic N) is 1. The van der Waals surface area contributed by atoms with E-state index in [1.807, 2.05) is 0 Å². The molecule has 4 aliphatic rings. The number of para-hydroxylation sites is 1. The molecular formula is C31H42FNO4. The van der Waals surface area contributed by atoms with Crippen LogP contribution in [0.3, 0.4) is 0 Å². The molecule has 4 aliphatic carbocycles. The third-order valence-corrected chi connectivity index (χ3v) is 12.0. The second-order valence-corrected chi connectivity index (χ2v) is 13.4. The van der Waals surface area contributed by atoms with Crippen molar-refractivity contribution < 1.29 is 19.0 Å². The molecule has 0 bridgehead atoms. The first kappa shape index (κ1) is 25.5. The summed E-state index contributed by atoms with van der Waals surface area (Å²) < 4.78 is 19.7. The summed E-state index contributed by atoms with van der Waals surface area (Å²) in [5.74, 6) is 2.85. The van der Waals surface area contributed by atoms with Crippen LogP contribution in [0.25, 0.3) is 10.9 Å². The molecule has 0 aliphatic heterocycles. The van der Waals surface area contributed by atoms with Crippen LogP contribution in [0.4, 0.5) is 4.39 Å². The van der Waals surface area contributed by atoms with Crippen LogP contribution < -0.4 is 5.63 Å². The molecular weight excluding hydrogens is 469 g/mol. The molecule has 6 heteroatoms. The largest absolute Gasteiger partial charge is 0.408 e. The monoisotopic (exact) mass is 511 g/mol. The van der Waals surface area contributed by atoms with E-state index in [2.05, 4.69) is 25.8 Å². The first-order valence-corrected chi connectivity index (χ1v) is 14.6. The summed E-state index contributed by atoms with van der Waals surface area (Å²) in [7, 11) is 0. The van der Waals surface area contributed by atoms with Crippen molar-refractivity contribution >= 4 is 10.9 Å². The molecule has 2 N–H and O–H groups in total. The Hall–Kier alpha value is -1.79. The Balaban J connectivity index is 1.20. The molecule has 4 fully saturated rings. The average molecular weight is 512 g/mol. The zero-order valence-electron chi connectivity index (χ0n) is 22.5. The number of halogens is 1. The molecule has 0 spiro atoms. The Morgan fingerprint density at radius 1 is 1.11 bits per heavy atom. The Labute approximate surface area is 218 Å².